The predicted molar refractivity (Wildman–Crippen MR) is 66.1 cm³/mol. The van der Waals surface area contributed by atoms with Gasteiger partial charge < -0.3 is 35.7 Å². The van der Waals surface area contributed by atoms with Crippen LogP contribution in [0.1, 0.15) is 6.42 Å². The topological polar surface area (TPSA) is 240 Å². The van der Waals surface area contributed by atoms with Crippen LogP contribution in [-0.2, 0) is 10.4 Å². The van der Waals surface area contributed by atoms with Gasteiger partial charge in [0.05, 0.1) is 5.70 Å². The van der Waals surface area contributed by atoms with Crippen molar-refractivity contribution in [1.29, 1.82) is 0 Å². The van der Waals surface area contributed by atoms with E-state index in [4.69, 9.17) is 17.5 Å². The van der Waals surface area contributed by atoms with Gasteiger partial charge in [-0.25, -0.2) is 0 Å². The van der Waals surface area contributed by atoms with Crippen molar-refractivity contribution >= 4 is 10.4 Å². The first-order valence-corrected chi connectivity index (χ1v) is 7.03. The molecule has 134 valence electrons. The Morgan fingerprint density at radius 3 is 1.83 bits per heavy atom. The van der Waals surface area contributed by atoms with Crippen molar-refractivity contribution in [2.45, 2.75) is 29.5 Å². The molecule has 14 heteroatoms. The van der Waals surface area contributed by atoms with Crippen LogP contribution in [0.3, 0.4) is 0 Å². The van der Waals surface area contributed by atoms with E-state index in [-0.39, 0.29) is 0 Å². The maximum absolute atomic E-state index is 10.1. The average Bonchev–Trinajstić information content (AvgIpc) is 2.34. The van der Waals surface area contributed by atoms with Crippen LogP contribution in [0.15, 0.2) is 23.9 Å². The monoisotopic (exact) mass is 361 g/mol. The molecule has 13 nitrogen and oxygen atoms in total. The van der Waals surface area contributed by atoms with Crippen molar-refractivity contribution in [3.63, 3.8) is 0 Å². The van der Waals surface area contributed by atoms with Crippen LogP contribution >= 0.6 is 0 Å². The van der Waals surface area contributed by atoms with Gasteiger partial charge >= 0.3 is 22.1 Å². The number of nitrogens with zero attached hydrogens (tertiary/aromatic N) is 1. The minimum absolute atomic E-state index is 0.443. The number of rotatable bonds is 0. The third kappa shape index (κ3) is 2.97. The Bertz CT molecular complexity index is 627. The zero-order valence-electron chi connectivity index (χ0n) is 11.1. The number of piperidine rings is 1. The number of hydrogen-bond acceptors (Lipinski definition) is 11. The molecule has 0 radical (unpaired) electrons. The molecule has 1 heterocycles. The Balaban J connectivity index is 0.000000463. The van der Waals surface area contributed by atoms with E-state index in [2.05, 4.69) is 0 Å². The molecule has 1 atom stereocenters. The summed E-state index contributed by atoms with van der Waals surface area (Å²) in [6.45, 7) is 0. The van der Waals surface area contributed by atoms with Gasteiger partial charge in [-0.2, -0.15) is 13.5 Å². The van der Waals surface area contributed by atoms with E-state index in [1.54, 1.807) is 0 Å². The summed E-state index contributed by atoms with van der Waals surface area (Å²) in [4.78, 5) is 0. The number of fused-ring (bicyclic) bond motifs is 1. The SMILES string of the molecule is O=S(=O)(O)O.ON1C2=CC=CCC2(O)C(O)(O)C(O)(O)C1(O)O. The zero-order chi connectivity index (χ0) is 18.5. The van der Waals surface area contributed by atoms with Crippen molar-refractivity contribution in [2.24, 2.45) is 0 Å². The lowest BCUT2D eigenvalue weighted by atomic mass is 9.74. The van der Waals surface area contributed by atoms with Gasteiger partial charge in [-0.1, -0.05) is 12.2 Å². The molecule has 0 amide bonds. The molecule has 23 heavy (non-hydrogen) atoms. The molecule has 0 bridgehead atoms. The molecule has 2 rings (SSSR count). The molecular formula is C9H15NO12S. The Kier molecular flexibility index (Phi) is 4.69. The maximum Gasteiger partial charge on any atom is 0.394 e. The quantitative estimate of drug-likeness (QED) is 0.145. The van der Waals surface area contributed by atoms with Gasteiger partial charge in [-0.05, 0) is 6.08 Å². The Hall–Kier alpha value is -1.17. The zero-order valence-corrected chi connectivity index (χ0v) is 11.9. The summed E-state index contributed by atoms with van der Waals surface area (Å²) in [6, 6.07) is 0. The Labute approximate surface area is 128 Å². The lowest BCUT2D eigenvalue weighted by Gasteiger charge is -2.58. The molecule has 10 N–H and O–H groups in total. The molecule has 1 fully saturated rings. The highest BCUT2D eigenvalue weighted by Gasteiger charge is 2.78. The molecule has 0 aromatic carbocycles. The van der Waals surface area contributed by atoms with Gasteiger partial charge in [0.2, 0.25) is 0 Å². The van der Waals surface area contributed by atoms with Crippen molar-refractivity contribution in [1.82, 2.24) is 5.06 Å². The van der Waals surface area contributed by atoms with Crippen LogP contribution < -0.4 is 0 Å². The lowest BCUT2D eigenvalue weighted by Crippen LogP contribution is -2.85. The fourth-order valence-corrected chi connectivity index (χ4v) is 2.04. The van der Waals surface area contributed by atoms with Gasteiger partial charge in [0, 0.05) is 6.42 Å². The van der Waals surface area contributed by atoms with E-state index in [1.807, 2.05) is 0 Å². The van der Waals surface area contributed by atoms with Crippen LogP contribution in [0.4, 0.5) is 0 Å². The summed E-state index contributed by atoms with van der Waals surface area (Å²) in [5, 5.41) is 76.2. The molecule has 1 saturated heterocycles. The highest BCUT2D eigenvalue weighted by atomic mass is 32.3. The van der Waals surface area contributed by atoms with E-state index >= 15 is 0 Å². The lowest BCUT2D eigenvalue weighted by molar-refractivity contribution is -0.549. The number of hydrogen-bond donors (Lipinski definition) is 10. The van der Waals surface area contributed by atoms with Crippen molar-refractivity contribution in [3.05, 3.63) is 23.9 Å². The van der Waals surface area contributed by atoms with Crippen LogP contribution in [0, 0.1) is 0 Å². The van der Waals surface area contributed by atoms with E-state index in [0.29, 0.717) is 0 Å². The molecule has 2 aliphatic rings. The van der Waals surface area contributed by atoms with Gasteiger partial charge in [0.15, 0.2) is 5.60 Å². The van der Waals surface area contributed by atoms with E-state index in [9.17, 15) is 41.0 Å². The minimum atomic E-state index is -4.67. The molecule has 0 spiro atoms. The molecule has 0 aromatic heterocycles. The summed E-state index contributed by atoms with van der Waals surface area (Å²) in [7, 11) is -4.67. The van der Waals surface area contributed by atoms with Gasteiger partial charge in [-0.3, -0.25) is 14.3 Å². The number of aliphatic hydroxyl groups is 7. The van der Waals surface area contributed by atoms with Crippen molar-refractivity contribution in [2.75, 3.05) is 0 Å². The number of allylic oxidation sites excluding steroid dienone is 2. The molecule has 1 aliphatic heterocycles. The minimum Gasteiger partial charge on any atom is -0.377 e. The first kappa shape index (κ1) is 19.9. The third-order valence-corrected chi connectivity index (χ3v) is 3.28. The first-order chi connectivity index (χ1) is 10.00. The first-order valence-electron chi connectivity index (χ1n) is 5.63. The second-order valence-corrected chi connectivity index (χ2v) is 5.68. The third-order valence-electron chi connectivity index (χ3n) is 3.28. The second kappa shape index (κ2) is 5.43. The van der Waals surface area contributed by atoms with E-state index in [0.717, 1.165) is 6.08 Å². The largest absolute Gasteiger partial charge is 0.394 e. The van der Waals surface area contributed by atoms with Crippen LogP contribution in [0.5, 0.6) is 0 Å². The van der Waals surface area contributed by atoms with Gasteiger partial charge in [0.1, 0.15) is 0 Å². The molecule has 0 aromatic rings. The highest BCUT2D eigenvalue weighted by Crippen LogP contribution is 2.50. The molecule has 0 saturated carbocycles. The number of hydroxylamine groups is 2. The van der Waals surface area contributed by atoms with Gasteiger partial charge in [-0.15, -0.1) is 0 Å². The fourth-order valence-electron chi connectivity index (χ4n) is 2.04. The second-order valence-electron chi connectivity index (χ2n) is 4.78. The summed E-state index contributed by atoms with van der Waals surface area (Å²) in [5.41, 5.74) is -3.44. The summed E-state index contributed by atoms with van der Waals surface area (Å²) in [6.07, 6.45) is 3.01. The Morgan fingerprint density at radius 1 is 0.957 bits per heavy atom. The maximum atomic E-state index is 10.1. The summed E-state index contributed by atoms with van der Waals surface area (Å²) in [5.74, 6) is -11.6. The Morgan fingerprint density at radius 2 is 1.39 bits per heavy atom. The van der Waals surface area contributed by atoms with E-state index in [1.165, 1.54) is 12.2 Å². The predicted octanol–water partition coefficient (Wildman–Crippen LogP) is -4.39. The highest BCUT2D eigenvalue weighted by molar-refractivity contribution is 7.79. The van der Waals surface area contributed by atoms with Crippen LogP contribution in [-0.4, -0.2) is 86.6 Å². The molecule has 1 aliphatic carbocycles. The van der Waals surface area contributed by atoms with Crippen molar-refractivity contribution in [3.8, 4) is 0 Å². The van der Waals surface area contributed by atoms with E-state index < -0.39 is 50.7 Å². The standard InChI is InChI=1S/C9H13NO8.H2O4S/c11-6-4-2-1-3-5(6)10(18)9(16,17)8(14,15)7(6,12)13;1-5(2,3)4/h1-3,11-18H,4H2;(H2,1,2,3,4). The molecular weight excluding hydrogens is 346 g/mol. The fraction of sp³-hybridized carbons (Fsp3) is 0.556. The van der Waals surface area contributed by atoms with Crippen molar-refractivity contribution < 1.29 is 58.5 Å². The normalized spacial score (nSPS) is 30.7. The van der Waals surface area contributed by atoms with Crippen LogP contribution in [0.2, 0.25) is 0 Å². The van der Waals surface area contributed by atoms with Crippen LogP contribution in [0.25, 0.3) is 0 Å². The summed E-state index contributed by atoms with van der Waals surface area (Å²) < 4.78 is 31.6. The molecule has 1 unspecified atom stereocenters. The van der Waals surface area contributed by atoms with Gasteiger partial charge in [0.25, 0.3) is 5.79 Å². The smallest absolute Gasteiger partial charge is 0.377 e. The summed E-state index contributed by atoms with van der Waals surface area (Å²) >= 11 is 0. The average molecular weight is 361 g/mol.